The van der Waals surface area contributed by atoms with Gasteiger partial charge in [-0.2, -0.15) is 4.98 Å². The van der Waals surface area contributed by atoms with Crippen molar-refractivity contribution >= 4 is 39.8 Å². The molecule has 3 rings (SSSR count). The van der Waals surface area contributed by atoms with Crippen LogP contribution in [0.1, 0.15) is 33.1 Å². The summed E-state index contributed by atoms with van der Waals surface area (Å²) in [6.45, 7) is 4.00. The second-order valence-electron chi connectivity index (χ2n) is 6.76. The zero-order chi connectivity index (χ0) is 19.4. The predicted molar refractivity (Wildman–Crippen MR) is 103 cm³/mol. The third kappa shape index (κ3) is 5.33. The highest BCUT2D eigenvalue weighted by Gasteiger charge is 2.28. The number of hydrogen-bond donors (Lipinski definition) is 3. The first-order valence-corrected chi connectivity index (χ1v) is 9.55. The van der Waals surface area contributed by atoms with Gasteiger partial charge in [-0.05, 0) is 25.2 Å². The first kappa shape index (κ1) is 19.0. The highest BCUT2D eigenvalue weighted by Crippen LogP contribution is 2.29. The zero-order valence-electron chi connectivity index (χ0n) is 15.0. The fourth-order valence-electron chi connectivity index (χ4n) is 2.44. The molecule has 10 nitrogen and oxygen atoms in total. The van der Waals surface area contributed by atoms with Crippen molar-refractivity contribution in [3.63, 3.8) is 0 Å². The average Bonchev–Trinajstić information content (AvgIpc) is 3.26. The topological polar surface area (TPSA) is 135 Å². The number of rotatable bonds is 9. The van der Waals surface area contributed by atoms with Crippen molar-refractivity contribution < 1.29 is 9.72 Å². The van der Waals surface area contributed by atoms with Gasteiger partial charge in [-0.15, -0.1) is 11.3 Å². The molecule has 2 heterocycles. The van der Waals surface area contributed by atoms with Crippen molar-refractivity contribution in [1.82, 2.24) is 15.0 Å². The molecule has 11 heteroatoms. The molecule has 0 aromatic carbocycles. The molecule has 0 spiro atoms. The molecule has 2 aromatic heterocycles. The van der Waals surface area contributed by atoms with Crippen molar-refractivity contribution in [3.8, 4) is 0 Å². The number of hydrogen-bond acceptors (Lipinski definition) is 9. The van der Waals surface area contributed by atoms with Gasteiger partial charge in [0.25, 0.3) is 0 Å². The third-order valence-electron chi connectivity index (χ3n) is 3.87. The maximum atomic E-state index is 12.6. The maximum Gasteiger partial charge on any atom is 0.329 e. The Kier molecular flexibility index (Phi) is 5.79. The second-order valence-corrected chi connectivity index (χ2v) is 7.65. The number of nitro groups is 1. The number of thiazole rings is 1. The molecule has 1 atom stereocenters. The Hall–Kier alpha value is -2.82. The van der Waals surface area contributed by atoms with Gasteiger partial charge >= 0.3 is 5.69 Å². The molecule has 1 aliphatic rings. The molecule has 1 saturated carbocycles. The first-order valence-electron chi connectivity index (χ1n) is 8.67. The molecule has 3 N–H and O–H groups in total. The molecular formula is C16H21N7O3S. The highest BCUT2D eigenvalue weighted by molar-refractivity contribution is 7.13. The van der Waals surface area contributed by atoms with Crippen LogP contribution < -0.4 is 16.0 Å². The number of carbonyl (C=O) groups excluding carboxylic acids is 1. The molecule has 0 aliphatic heterocycles. The summed E-state index contributed by atoms with van der Waals surface area (Å²) in [6, 6.07) is -0.393. The number of carbonyl (C=O) groups is 1. The van der Waals surface area contributed by atoms with Crippen LogP contribution in [0.3, 0.4) is 0 Å². The SMILES string of the molecule is CC(C)C[C@H](Nc1ncc([N+](=O)[O-])c(NC2CC2)n1)C(=O)Nc1nccs1. The Morgan fingerprint density at radius 2 is 2.19 bits per heavy atom. The first-order chi connectivity index (χ1) is 12.9. The van der Waals surface area contributed by atoms with Crippen molar-refractivity contribution in [2.75, 3.05) is 16.0 Å². The van der Waals surface area contributed by atoms with Crippen LogP contribution in [0, 0.1) is 16.0 Å². The zero-order valence-corrected chi connectivity index (χ0v) is 15.8. The molecule has 1 aliphatic carbocycles. The van der Waals surface area contributed by atoms with E-state index in [0.29, 0.717) is 11.6 Å². The van der Waals surface area contributed by atoms with Crippen molar-refractivity contribution in [2.45, 2.75) is 45.2 Å². The molecular weight excluding hydrogens is 370 g/mol. The third-order valence-corrected chi connectivity index (χ3v) is 4.56. The van der Waals surface area contributed by atoms with Crippen LogP contribution in [0.2, 0.25) is 0 Å². The summed E-state index contributed by atoms with van der Waals surface area (Å²) in [5.41, 5.74) is -0.180. The molecule has 0 radical (unpaired) electrons. The number of aromatic nitrogens is 3. The van der Waals surface area contributed by atoms with Gasteiger partial charge < -0.3 is 16.0 Å². The average molecular weight is 391 g/mol. The minimum absolute atomic E-state index is 0.170. The number of nitrogens with one attached hydrogen (secondary N) is 3. The van der Waals surface area contributed by atoms with Gasteiger partial charge in [-0.25, -0.2) is 9.97 Å². The minimum Gasteiger partial charge on any atom is -0.361 e. The van der Waals surface area contributed by atoms with E-state index in [1.54, 1.807) is 11.6 Å². The summed E-state index contributed by atoms with van der Waals surface area (Å²) in [7, 11) is 0. The predicted octanol–water partition coefficient (Wildman–Crippen LogP) is 2.88. The molecule has 2 aromatic rings. The summed E-state index contributed by atoms with van der Waals surface area (Å²) < 4.78 is 0. The van der Waals surface area contributed by atoms with E-state index in [2.05, 4.69) is 30.9 Å². The van der Waals surface area contributed by atoms with E-state index in [1.165, 1.54) is 11.3 Å². The van der Waals surface area contributed by atoms with Crippen LogP contribution in [0.4, 0.5) is 22.6 Å². The summed E-state index contributed by atoms with van der Waals surface area (Å²) in [4.78, 5) is 35.6. The summed E-state index contributed by atoms with van der Waals surface area (Å²) >= 11 is 1.33. The monoisotopic (exact) mass is 391 g/mol. The van der Waals surface area contributed by atoms with Crippen molar-refractivity contribution in [1.29, 1.82) is 0 Å². The smallest absolute Gasteiger partial charge is 0.329 e. The van der Waals surface area contributed by atoms with E-state index < -0.39 is 11.0 Å². The molecule has 1 fully saturated rings. The van der Waals surface area contributed by atoms with E-state index in [1.807, 2.05) is 13.8 Å². The van der Waals surface area contributed by atoms with Gasteiger partial charge in [0.2, 0.25) is 17.7 Å². The Labute approximate surface area is 160 Å². The van der Waals surface area contributed by atoms with Crippen LogP contribution in [0.15, 0.2) is 17.8 Å². The Morgan fingerprint density at radius 1 is 1.41 bits per heavy atom. The molecule has 0 saturated heterocycles. The Balaban J connectivity index is 1.77. The van der Waals surface area contributed by atoms with Crippen LogP contribution in [-0.4, -0.2) is 37.9 Å². The lowest BCUT2D eigenvalue weighted by molar-refractivity contribution is -0.384. The van der Waals surface area contributed by atoms with Gasteiger partial charge in [-0.1, -0.05) is 13.8 Å². The van der Waals surface area contributed by atoms with E-state index >= 15 is 0 Å². The molecule has 1 amide bonds. The van der Waals surface area contributed by atoms with Crippen molar-refractivity contribution in [2.24, 2.45) is 5.92 Å². The fourth-order valence-corrected chi connectivity index (χ4v) is 2.97. The molecule has 0 bridgehead atoms. The maximum absolute atomic E-state index is 12.6. The lowest BCUT2D eigenvalue weighted by atomic mass is 10.0. The van der Waals surface area contributed by atoms with Crippen LogP contribution in [0.5, 0.6) is 0 Å². The lowest BCUT2D eigenvalue weighted by Crippen LogP contribution is -2.36. The normalized spacial score (nSPS) is 14.6. The second kappa shape index (κ2) is 8.25. The molecule has 27 heavy (non-hydrogen) atoms. The van der Waals surface area contributed by atoms with E-state index in [4.69, 9.17) is 0 Å². The van der Waals surface area contributed by atoms with Gasteiger partial charge in [0.15, 0.2) is 5.13 Å². The quantitative estimate of drug-likeness (QED) is 0.439. The van der Waals surface area contributed by atoms with Gasteiger partial charge in [-0.3, -0.25) is 14.9 Å². The van der Waals surface area contributed by atoms with E-state index in [0.717, 1.165) is 19.0 Å². The molecule has 144 valence electrons. The van der Waals surface area contributed by atoms with E-state index in [9.17, 15) is 14.9 Å². The van der Waals surface area contributed by atoms with Crippen LogP contribution in [-0.2, 0) is 4.79 Å². The fraction of sp³-hybridized carbons (Fsp3) is 0.500. The minimum atomic E-state index is -0.593. The van der Waals surface area contributed by atoms with Gasteiger partial charge in [0.05, 0.1) is 4.92 Å². The van der Waals surface area contributed by atoms with Crippen LogP contribution >= 0.6 is 11.3 Å². The number of amides is 1. The summed E-state index contributed by atoms with van der Waals surface area (Å²) in [5, 5.41) is 22.3. The number of anilines is 3. The Bertz CT molecular complexity index is 808. The summed E-state index contributed by atoms with van der Waals surface area (Å²) in [5.74, 6) is 0.330. The lowest BCUT2D eigenvalue weighted by Gasteiger charge is -2.19. The van der Waals surface area contributed by atoms with Crippen LogP contribution in [0.25, 0.3) is 0 Å². The largest absolute Gasteiger partial charge is 0.361 e. The highest BCUT2D eigenvalue weighted by atomic mass is 32.1. The standard InChI is InChI=1S/C16H21N7O3S/c1-9(2)7-11(14(24)22-16-17-5-6-27-16)20-15-18-8-12(23(25)26)13(21-15)19-10-3-4-10/h5-6,8-11H,3-4,7H2,1-2H3,(H,17,22,24)(H2,18,19,20,21)/t11-/m0/s1. The van der Waals surface area contributed by atoms with Gasteiger partial charge in [0.1, 0.15) is 12.2 Å². The molecule has 0 unspecified atom stereocenters. The van der Waals surface area contributed by atoms with E-state index in [-0.39, 0.29) is 35.3 Å². The van der Waals surface area contributed by atoms with Crippen molar-refractivity contribution in [3.05, 3.63) is 27.9 Å². The Morgan fingerprint density at radius 3 is 2.78 bits per heavy atom. The summed E-state index contributed by atoms with van der Waals surface area (Å²) in [6.07, 6.45) is 5.22. The van der Waals surface area contributed by atoms with Gasteiger partial charge in [0, 0.05) is 17.6 Å². The number of nitrogens with zero attached hydrogens (tertiary/aromatic N) is 4.